The molecule has 0 saturated carbocycles. The number of carboxylic acid groups (broad SMARTS) is 1. The maximum Gasteiger partial charge on any atom is 0.361 e. The summed E-state index contributed by atoms with van der Waals surface area (Å²) in [4.78, 5) is 37.6. The first-order valence-electron chi connectivity index (χ1n) is 36.7. The number of quaternary nitrogens is 1. The van der Waals surface area contributed by atoms with Gasteiger partial charge in [-0.15, -0.1) is 0 Å². The van der Waals surface area contributed by atoms with Gasteiger partial charge in [-0.1, -0.05) is 367 Å². The fourth-order valence-electron chi connectivity index (χ4n) is 11.5. The van der Waals surface area contributed by atoms with E-state index in [-0.39, 0.29) is 38.2 Å². The molecule has 0 aliphatic heterocycles. The number of carbonyl (C=O) groups is 3. The van der Waals surface area contributed by atoms with Crippen LogP contribution in [-0.4, -0.2) is 87.4 Å². The maximum atomic E-state index is 13.0. The minimum absolute atomic E-state index is 0.172. The Morgan fingerprint density at radius 3 is 0.780 bits per heavy atom. The number of aliphatic carboxylic acids is 1. The van der Waals surface area contributed by atoms with E-state index in [2.05, 4.69) is 13.8 Å². The number of hydrogen-bond acceptors (Lipinski definition) is 7. The van der Waals surface area contributed by atoms with E-state index < -0.39 is 18.4 Å². The molecule has 1 N–H and O–H groups in total. The van der Waals surface area contributed by atoms with Crippen LogP contribution in [0, 0.1) is 0 Å². The fourth-order valence-corrected chi connectivity index (χ4v) is 11.5. The third kappa shape index (κ3) is 65.8. The largest absolute Gasteiger partial charge is 0.477 e. The van der Waals surface area contributed by atoms with Gasteiger partial charge in [0, 0.05) is 12.8 Å². The zero-order valence-electron chi connectivity index (χ0n) is 56.0. The first-order valence-corrected chi connectivity index (χ1v) is 36.7. The van der Waals surface area contributed by atoms with Crippen LogP contribution in [0.2, 0.25) is 0 Å². The van der Waals surface area contributed by atoms with Crippen LogP contribution in [0.4, 0.5) is 0 Å². The smallest absolute Gasteiger partial charge is 0.361 e. The van der Waals surface area contributed by atoms with E-state index in [4.69, 9.17) is 18.9 Å². The summed E-state index contributed by atoms with van der Waals surface area (Å²) in [5.74, 6) is -1.96. The van der Waals surface area contributed by atoms with Crippen LogP contribution in [0.5, 0.6) is 0 Å². The van der Waals surface area contributed by atoms with Gasteiger partial charge in [0.25, 0.3) is 6.29 Å². The number of hydrogen-bond donors (Lipinski definition) is 1. The number of ether oxygens (including phenoxy) is 4. The van der Waals surface area contributed by atoms with E-state index in [1.807, 2.05) is 21.1 Å². The quantitative estimate of drug-likeness (QED) is 0.0278. The van der Waals surface area contributed by atoms with Crippen LogP contribution >= 0.6 is 0 Å². The number of esters is 2. The van der Waals surface area contributed by atoms with Crippen molar-refractivity contribution in [3.05, 3.63) is 0 Å². The standard InChI is InChI=1S/C73H143NO8/c1-6-8-10-12-14-16-18-20-22-24-26-28-30-32-33-34-35-36-37-38-40-42-44-46-48-50-52-54-56-58-60-62-64-71(76)82-69(68-81-73(72(77)78)79-66-65-74(3,4)5)67-80-70(75)63-61-59-57-55-53-51-49-47-45-43-41-39-31-29-27-25-23-21-19-17-15-13-11-9-7-2/h69,73H,6-68H2,1-5H3/p+1. The molecule has 9 nitrogen and oxygen atoms in total. The third-order valence-electron chi connectivity index (χ3n) is 17.1. The summed E-state index contributed by atoms with van der Waals surface area (Å²) >= 11 is 0. The van der Waals surface area contributed by atoms with Gasteiger partial charge >= 0.3 is 17.9 Å². The number of likely N-dealkylation sites (N-methyl/N-ethyl adjacent to an activating group) is 1. The predicted octanol–water partition coefficient (Wildman–Crippen LogP) is 22.6. The van der Waals surface area contributed by atoms with Gasteiger partial charge in [0.2, 0.25) is 0 Å². The highest BCUT2D eigenvalue weighted by molar-refractivity contribution is 5.71. The van der Waals surface area contributed by atoms with Crippen molar-refractivity contribution in [2.24, 2.45) is 0 Å². The molecule has 0 rings (SSSR count). The van der Waals surface area contributed by atoms with Crippen molar-refractivity contribution in [2.75, 3.05) is 47.5 Å². The Labute approximate surface area is 511 Å². The van der Waals surface area contributed by atoms with Gasteiger partial charge in [0.15, 0.2) is 6.10 Å². The van der Waals surface area contributed by atoms with Crippen molar-refractivity contribution in [3.8, 4) is 0 Å². The summed E-state index contributed by atoms with van der Waals surface area (Å²) < 4.78 is 23.0. The van der Waals surface area contributed by atoms with Crippen molar-refractivity contribution in [1.29, 1.82) is 0 Å². The van der Waals surface area contributed by atoms with E-state index in [9.17, 15) is 19.5 Å². The van der Waals surface area contributed by atoms with Gasteiger partial charge in [-0.05, 0) is 12.8 Å². The molecule has 0 aromatic carbocycles. The number of rotatable bonds is 70. The topological polar surface area (TPSA) is 108 Å². The zero-order chi connectivity index (χ0) is 59.8. The number of unbranched alkanes of at least 4 members (excludes halogenated alkanes) is 55. The third-order valence-corrected chi connectivity index (χ3v) is 17.1. The average Bonchev–Trinajstić information content (AvgIpc) is 3.47. The second-order valence-corrected chi connectivity index (χ2v) is 26.6. The molecular weight excluding hydrogens is 1020 g/mol. The van der Waals surface area contributed by atoms with Gasteiger partial charge in [0.1, 0.15) is 13.2 Å². The van der Waals surface area contributed by atoms with Gasteiger partial charge in [-0.25, -0.2) is 4.79 Å². The molecule has 9 heteroatoms. The molecule has 0 aliphatic rings. The highest BCUT2D eigenvalue weighted by Crippen LogP contribution is 2.20. The molecule has 0 spiro atoms. The number of carboxylic acids is 1. The lowest BCUT2D eigenvalue weighted by atomic mass is 10.0. The minimum atomic E-state index is -1.50. The van der Waals surface area contributed by atoms with Crippen LogP contribution in [0.1, 0.15) is 393 Å². The SMILES string of the molecule is CCCCCCCCCCCCCCCCCCCCCCCCCCCCCCCCCCC(=O)OC(COC(=O)CCCCCCCCCCCCCCCCCCCCCCCCCCC)COC(OCC[N+](C)(C)C)C(=O)O. The maximum absolute atomic E-state index is 13.0. The minimum Gasteiger partial charge on any atom is -0.477 e. The van der Waals surface area contributed by atoms with Crippen LogP contribution in [0.25, 0.3) is 0 Å². The summed E-state index contributed by atoms with van der Waals surface area (Å²) in [5.41, 5.74) is 0. The lowest BCUT2D eigenvalue weighted by Crippen LogP contribution is -2.40. The summed E-state index contributed by atoms with van der Waals surface area (Å²) in [6.45, 7) is 4.98. The summed E-state index contributed by atoms with van der Waals surface area (Å²) in [6, 6.07) is 0. The first-order chi connectivity index (χ1) is 40.1. The Kier molecular flexibility index (Phi) is 63.9. The molecule has 0 aliphatic carbocycles. The Morgan fingerprint density at radius 2 is 0.549 bits per heavy atom. The first kappa shape index (κ1) is 80.3. The molecular formula is C73H144NO8+. The van der Waals surface area contributed by atoms with E-state index in [1.54, 1.807) is 0 Å². The van der Waals surface area contributed by atoms with Crippen molar-refractivity contribution in [2.45, 2.75) is 405 Å². The zero-order valence-corrected chi connectivity index (χ0v) is 56.0. The summed E-state index contributed by atoms with van der Waals surface area (Å²) in [7, 11) is 6.00. The van der Waals surface area contributed by atoms with E-state index in [1.165, 1.54) is 327 Å². The lowest BCUT2D eigenvalue weighted by Gasteiger charge is -2.25. The van der Waals surface area contributed by atoms with Crippen molar-refractivity contribution < 1.29 is 42.9 Å². The molecule has 0 fully saturated rings. The normalized spacial score (nSPS) is 12.5. The molecule has 0 radical (unpaired) electrons. The molecule has 0 saturated heterocycles. The molecule has 2 unspecified atom stereocenters. The van der Waals surface area contributed by atoms with Crippen molar-refractivity contribution >= 4 is 17.9 Å². The molecule has 2 atom stereocenters. The van der Waals surface area contributed by atoms with Gasteiger partial charge in [-0.3, -0.25) is 9.59 Å². The van der Waals surface area contributed by atoms with Crippen molar-refractivity contribution in [3.63, 3.8) is 0 Å². The molecule has 0 aromatic rings. The van der Waals surface area contributed by atoms with E-state index in [0.29, 0.717) is 17.4 Å². The molecule has 0 heterocycles. The summed E-state index contributed by atoms with van der Waals surface area (Å²) in [6.07, 6.45) is 75.2. The molecule has 82 heavy (non-hydrogen) atoms. The van der Waals surface area contributed by atoms with Crippen LogP contribution in [0.15, 0.2) is 0 Å². The predicted molar refractivity (Wildman–Crippen MR) is 351 cm³/mol. The van der Waals surface area contributed by atoms with Gasteiger partial charge in [-0.2, -0.15) is 0 Å². The van der Waals surface area contributed by atoms with E-state index >= 15 is 0 Å². The Morgan fingerprint density at radius 1 is 0.317 bits per heavy atom. The van der Waals surface area contributed by atoms with Crippen LogP contribution in [-0.2, 0) is 33.3 Å². The fraction of sp³-hybridized carbons (Fsp3) is 0.959. The molecule has 0 bridgehead atoms. The Hall–Kier alpha value is -1.71. The second kappa shape index (κ2) is 65.3. The van der Waals surface area contributed by atoms with Gasteiger partial charge < -0.3 is 28.5 Å². The van der Waals surface area contributed by atoms with Crippen LogP contribution in [0.3, 0.4) is 0 Å². The monoisotopic (exact) mass is 1160 g/mol. The lowest BCUT2D eigenvalue weighted by molar-refractivity contribution is -0.870. The summed E-state index contributed by atoms with van der Waals surface area (Å²) in [5, 5.41) is 9.75. The molecule has 488 valence electrons. The second-order valence-electron chi connectivity index (χ2n) is 26.6. The highest BCUT2D eigenvalue weighted by Gasteiger charge is 2.25. The van der Waals surface area contributed by atoms with Crippen LogP contribution < -0.4 is 0 Å². The molecule has 0 aromatic heterocycles. The van der Waals surface area contributed by atoms with E-state index in [0.717, 1.165) is 38.5 Å². The Bertz CT molecular complexity index is 1300. The number of nitrogens with zero attached hydrogens (tertiary/aromatic N) is 1. The molecule has 0 amide bonds. The van der Waals surface area contributed by atoms with Crippen molar-refractivity contribution in [1.82, 2.24) is 0 Å². The average molecular weight is 1160 g/mol. The Balaban J connectivity index is 4.00. The number of carbonyl (C=O) groups excluding carboxylic acids is 2. The highest BCUT2D eigenvalue weighted by atomic mass is 16.7. The van der Waals surface area contributed by atoms with Gasteiger partial charge in [0.05, 0.1) is 34.4 Å².